The number of benzene rings is 1. The lowest BCUT2D eigenvalue weighted by atomic mass is 10.1. The second kappa shape index (κ2) is 4.97. The van der Waals surface area contributed by atoms with Gasteiger partial charge in [0.15, 0.2) is 0 Å². The van der Waals surface area contributed by atoms with Crippen LogP contribution in [0.4, 0.5) is 0 Å². The third-order valence-corrected chi connectivity index (χ3v) is 1.95. The molecule has 1 aromatic rings. The highest BCUT2D eigenvalue weighted by molar-refractivity contribution is 5.95. The molecule has 0 saturated heterocycles. The third-order valence-electron chi connectivity index (χ3n) is 1.95. The summed E-state index contributed by atoms with van der Waals surface area (Å²) in [5.74, 6) is -0.521. The number of hydrogen-bond acceptors (Lipinski definition) is 3. The largest absolute Gasteiger partial charge is 0.466 e. The van der Waals surface area contributed by atoms with Crippen LogP contribution < -0.4 is 0 Å². The number of carbonyl (C=O) groups excluding carboxylic acids is 1. The Bertz CT molecular complexity index is 424. The zero-order chi connectivity index (χ0) is 11.3. The van der Waals surface area contributed by atoms with Crippen molar-refractivity contribution in [3.63, 3.8) is 0 Å². The van der Waals surface area contributed by atoms with Crippen LogP contribution in [-0.4, -0.2) is 13.1 Å². The topological polar surface area (TPSA) is 50.1 Å². The van der Waals surface area contributed by atoms with E-state index in [1.54, 1.807) is 12.1 Å². The van der Waals surface area contributed by atoms with Crippen molar-refractivity contribution in [3.8, 4) is 6.07 Å². The Morgan fingerprint density at radius 1 is 1.40 bits per heavy atom. The van der Waals surface area contributed by atoms with Crippen molar-refractivity contribution in [2.75, 3.05) is 7.11 Å². The van der Waals surface area contributed by atoms with Crippen LogP contribution in [0.1, 0.15) is 11.1 Å². The summed E-state index contributed by atoms with van der Waals surface area (Å²) in [6.45, 7) is 1.96. The Morgan fingerprint density at radius 2 is 2.00 bits per heavy atom. The van der Waals surface area contributed by atoms with Gasteiger partial charge in [0.1, 0.15) is 6.07 Å². The van der Waals surface area contributed by atoms with E-state index in [9.17, 15) is 4.79 Å². The molecule has 0 N–H and O–H groups in total. The minimum Gasteiger partial charge on any atom is -0.466 e. The molecule has 0 saturated carbocycles. The first-order valence-corrected chi connectivity index (χ1v) is 4.44. The number of allylic oxidation sites excluding steroid dienone is 1. The first kappa shape index (κ1) is 11.0. The van der Waals surface area contributed by atoms with E-state index in [0.717, 1.165) is 5.56 Å². The fourth-order valence-corrected chi connectivity index (χ4v) is 1.09. The lowest BCUT2D eigenvalue weighted by Crippen LogP contribution is -1.96. The molecule has 76 valence electrons. The van der Waals surface area contributed by atoms with Crippen LogP contribution in [0.15, 0.2) is 30.3 Å². The Kier molecular flexibility index (Phi) is 3.64. The van der Waals surface area contributed by atoms with E-state index < -0.39 is 5.97 Å². The summed E-state index contributed by atoms with van der Waals surface area (Å²) in [4.78, 5) is 11.0. The number of methoxy groups -OCH3 is 1. The van der Waals surface area contributed by atoms with Crippen LogP contribution in [0.3, 0.4) is 0 Å². The highest BCUT2D eigenvalue weighted by atomic mass is 16.5. The molecule has 0 aliphatic rings. The van der Waals surface area contributed by atoms with Crippen LogP contribution in [0, 0.1) is 18.3 Å². The first-order valence-electron chi connectivity index (χ1n) is 4.44. The molecule has 0 aliphatic heterocycles. The molecular weight excluding hydrogens is 190 g/mol. The van der Waals surface area contributed by atoms with Crippen molar-refractivity contribution in [2.45, 2.75) is 6.92 Å². The van der Waals surface area contributed by atoms with E-state index in [1.807, 2.05) is 25.1 Å². The molecule has 0 atom stereocenters. The van der Waals surface area contributed by atoms with E-state index in [4.69, 9.17) is 5.26 Å². The summed E-state index contributed by atoms with van der Waals surface area (Å²) in [5.41, 5.74) is 2.13. The van der Waals surface area contributed by atoms with Crippen molar-refractivity contribution < 1.29 is 9.53 Å². The number of rotatable bonds is 2. The maximum atomic E-state index is 11.0. The Hall–Kier alpha value is -2.08. The summed E-state index contributed by atoms with van der Waals surface area (Å²) in [5, 5.41) is 8.87. The lowest BCUT2D eigenvalue weighted by molar-refractivity contribution is -0.134. The number of carbonyl (C=O) groups is 1. The second-order valence-corrected chi connectivity index (χ2v) is 3.06. The minimum absolute atomic E-state index is 0.307. The van der Waals surface area contributed by atoms with E-state index in [1.165, 1.54) is 13.2 Å². The molecule has 0 unspecified atom stereocenters. The Labute approximate surface area is 88.6 Å². The summed E-state index contributed by atoms with van der Waals surface area (Å²) < 4.78 is 4.46. The van der Waals surface area contributed by atoms with Gasteiger partial charge in [-0.25, -0.2) is 4.79 Å². The second-order valence-electron chi connectivity index (χ2n) is 3.06. The van der Waals surface area contributed by atoms with Crippen LogP contribution in [-0.2, 0) is 9.53 Å². The van der Waals surface area contributed by atoms with Crippen LogP contribution >= 0.6 is 0 Å². The highest BCUT2D eigenvalue weighted by Gasteiger charge is 2.03. The monoisotopic (exact) mass is 201 g/mol. The van der Waals surface area contributed by atoms with Gasteiger partial charge in [0.25, 0.3) is 0 Å². The molecule has 1 rings (SSSR count). The van der Waals surface area contributed by atoms with Crippen molar-refractivity contribution in [2.24, 2.45) is 0 Å². The van der Waals surface area contributed by atoms with Gasteiger partial charge in [0.05, 0.1) is 12.7 Å². The quantitative estimate of drug-likeness (QED) is 0.418. The first-order chi connectivity index (χ1) is 7.17. The van der Waals surface area contributed by atoms with Gasteiger partial charge >= 0.3 is 5.97 Å². The average molecular weight is 201 g/mol. The molecule has 0 heterocycles. The van der Waals surface area contributed by atoms with E-state index in [2.05, 4.69) is 4.74 Å². The maximum absolute atomic E-state index is 11.0. The molecule has 0 spiro atoms. The molecule has 0 amide bonds. The summed E-state index contributed by atoms with van der Waals surface area (Å²) >= 11 is 0. The van der Waals surface area contributed by atoms with Gasteiger partial charge in [-0.05, 0) is 12.5 Å². The van der Waals surface area contributed by atoms with Crippen LogP contribution in [0.2, 0.25) is 0 Å². The number of hydrogen-bond donors (Lipinski definition) is 0. The number of aryl methyl sites for hydroxylation is 1. The van der Waals surface area contributed by atoms with E-state index >= 15 is 0 Å². The SMILES string of the molecule is COC(=O)C=C(C#N)c1ccc(C)cc1. The number of nitrogens with zero attached hydrogens (tertiary/aromatic N) is 1. The van der Waals surface area contributed by atoms with Gasteiger partial charge in [-0.2, -0.15) is 5.26 Å². The molecule has 3 nitrogen and oxygen atoms in total. The molecule has 15 heavy (non-hydrogen) atoms. The average Bonchev–Trinajstić information content (AvgIpc) is 2.27. The summed E-state index contributed by atoms with van der Waals surface area (Å²) in [6.07, 6.45) is 1.19. The third kappa shape index (κ3) is 2.96. The van der Waals surface area contributed by atoms with Gasteiger partial charge in [-0.3, -0.25) is 0 Å². The zero-order valence-corrected chi connectivity index (χ0v) is 8.65. The summed E-state index contributed by atoms with van der Waals surface area (Å²) in [6, 6.07) is 9.33. The van der Waals surface area contributed by atoms with Crippen molar-refractivity contribution in [3.05, 3.63) is 41.5 Å². The van der Waals surface area contributed by atoms with Gasteiger partial charge < -0.3 is 4.74 Å². The molecule has 0 radical (unpaired) electrons. The molecule has 3 heteroatoms. The van der Waals surface area contributed by atoms with Gasteiger partial charge in [0.2, 0.25) is 0 Å². The van der Waals surface area contributed by atoms with E-state index in [0.29, 0.717) is 11.1 Å². The Balaban J connectivity index is 3.04. The maximum Gasteiger partial charge on any atom is 0.331 e. The van der Waals surface area contributed by atoms with Gasteiger partial charge in [-0.15, -0.1) is 0 Å². The normalized spacial score (nSPS) is 10.6. The van der Waals surface area contributed by atoms with Gasteiger partial charge in [0, 0.05) is 6.08 Å². The number of ether oxygens (including phenoxy) is 1. The molecular formula is C12H11NO2. The fraction of sp³-hybridized carbons (Fsp3) is 0.167. The molecule has 1 aromatic carbocycles. The smallest absolute Gasteiger partial charge is 0.331 e. The molecule has 0 aliphatic carbocycles. The lowest BCUT2D eigenvalue weighted by Gasteiger charge is -1.99. The highest BCUT2D eigenvalue weighted by Crippen LogP contribution is 2.14. The zero-order valence-electron chi connectivity index (χ0n) is 8.65. The molecule has 0 aromatic heterocycles. The molecule has 0 fully saturated rings. The van der Waals surface area contributed by atoms with Crippen LogP contribution in [0.25, 0.3) is 5.57 Å². The number of nitriles is 1. The molecule has 0 bridgehead atoms. The van der Waals surface area contributed by atoms with Crippen molar-refractivity contribution in [1.29, 1.82) is 5.26 Å². The predicted molar refractivity (Wildman–Crippen MR) is 56.8 cm³/mol. The number of esters is 1. The minimum atomic E-state index is -0.521. The standard InChI is InChI=1S/C12H11NO2/c1-9-3-5-10(6-4-9)11(8-13)7-12(14)15-2/h3-7H,1-2H3. The summed E-state index contributed by atoms with van der Waals surface area (Å²) in [7, 11) is 1.28. The fourth-order valence-electron chi connectivity index (χ4n) is 1.09. The van der Waals surface area contributed by atoms with Crippen molar-refractivity contribution in [1.82, 2.24) is 0 Å². The van der Waals surface area contributed by atoms with Gasteiger partial charge in [-0.1, -0.05) is 29.8 Å². The van der Waals surface area contributed by atoms with Crippen molar-refractivity contribution >= 4 is 11.5 Å². The van der Waals surface area contributed by atoms with Crippen LogP contribution in [0.5, 0.6) is 0 Å². The Morgan fingerprint density at radius 3 is 2.47 bits per heavy atom. The van der Waals surface area contributed by atoms with E-state index in [-0.39, 0.29) is 0 Å². The predicted octanol–water partition coefficient (Wildman–Crippen LogP) is 2.07.